The van der Waals surface area contributed by atoms with Gasteiger partial charge in [-0.25, -0.2) is 19.9 Å². The quantitative estimate of drug-likeness (QED) is 0.0647. The smallest absolute Gasteiger partial charge is 0.160 e. The summed E-state index contributed by atoms with van der Waals surface area (Å²) in [5.41, 5.74) is 37.1. The molecule has 9 aromatic heterocycles. The van der Waals surface area contributed by atoms with Crippen LogP contribution >= 0.6 is 0 Å². The number of nitrogens with zero attached hydrogens (tertiary/aromatic N) is 10. The summed E-state index contributed by atoms with van der Waals surface area (Å²) in [6.45, 7) is 33.4. The third kappa shape index (κ3) is 32.4. The van der Waals surface area contributed by atoms with Gasteiger partial charge in [-0.15, -0.1) is 0 Å². The van der Waals surface area contributed by atoms with Crippen molar-refractivity contribution in [1.82, 2.24) is 49.8 Å². The van der Waals surface area contributed by atoms with Gasteiger partial charge in [0.1, 0.15) is 0 Å². The highest BCUT2D eigenvalue weighted by Gasteiger charge is 2.15. The topological polar surface area (TPSA) is 129 Å². The van der Waals surface area contributed by atoms with Gasteiger partial charge in [0.25, 0.3) is 0 Å². The largest absolute Gasteiger partial charge is 0.265 e. The molecule has 22 rings (SSSR count). The van der Waals surface area contributed by atoms with E-state index in [1.807, 2.05) is 237 Å². The minimum absolute atomic E-state index is 0.731. The molecule has 9 heterocycles. The van der Waals surface area contributed by atoms with Crippen molar-refractivity contribution < 1.29 is 0 Å². The molecule has 0 bridgehead atoms. The lowest BCUT2D eigenvalue weighted by atomic mass is 9.97. The van der Waals surface area contributed by atoms with E-state index in [4.69, 9.17) is 19.9 Å². The maximum Gasteiger partial charge on any atom is 0.160 e. The summed E-state index contributed by atoms with van der Waals surface area (Å²) in [6, 6.07) is 158. The molecule has 10 nitrogen and oxygen atoms in total. The van der Waals surface area contributed by atoms with E-state index in [1.54, 1.807) is 74.0 Å². The molecular formula is C140H114N10. The van der Waals surface area contributed by atoms with Crippen LogP contribution in [0.5, 0.6) is 0 Å². The van der Waals surface area contributed by atoms with Gasteiger partial charge in [-0.3, -0.25) is 29.9 Å². The SMILES string of the molecule is C=Cc1ccc(-c2cc(-c3ccccc3)nc(-c3ccccc3)c2)cc1.C=Cc1ccc(-c2cc(-c3ccccc3)nc(-c3ccccc3)n2)cc1.C=Cc1ccc(-c2ccc(-c3cc(-c4ccccc4)nc(-c4ccccc4)c3)cc2)cc1.C=Cc1ccc(-c2ccccn2)cc1.C=Cc1ccc(-c2cccnc2)cc1.C=Cc1ccc(-c2ccncc2)cc1.C=Cc1ccccn1.C=Cc1cccnc1.C=Cc1ccncc1. The maximum absolute atomic E-state index is 4.97. The number of aromatic nitrogens is 10. The van der Waals surface area contributed by atoms with Gasteiger partial charge < -0.3 is 0 Å². The first-order chi connectivity index (χ1) is 73.9. The highest BCUT2D eigenvalue weighted by atomic mass is 14.9. The average Bonchev–Trinajstić information content (AvgIpc) is 0.809. The number of rotatable bonds is 22. The van der Waals surface area contributed by atoms with Crippen LogP contribution in [0.1, 0.15) is 50.2 Å². The van der Waals surface area contributed by atoms with Gasteiger partial charge in [0, 0.05) is 106 Å². The first-order valence-corrected chi connectivity index (χ1v) is 49.0. The van der Waals surface area contributed by atoms with Gasteiger partial charge in [0.05, 0.1) is 45.6 Å². The molecule has 13 aromatic carbocycles. The van der Waals surface area contributed by atoms with Crippen LogP contribution in [0, 0.1) is 0 Å². The van der Waals surface area contributed by atoms with Gasteiger partial charge in [0.15, 0.2) is 5.82 Å². The Balaban J connectivity index is 0.000000138. The molecular weight excluding hydrogens is 1820 g/mol. The Morgan fingerprint density at radius 2 is 0.387 bits per heavy atom. The van der Waals surface area contributed by atoms with Gasteiger partial charge >= 0.3 is 0 Å². The molecule has 22 aromatic rings. The van der Waals surface area contributed by atoms with Crippen LogP contribution in [0.4, 0.5) is 0 Å². The second-order valence-electron chi connectivity index (χ2n) is 33.6. The van der Waals surface area contributed by atoms with E-state index < -0.39 is 0 Å². The zero-order valence-corrected chi connectivity index (χ0v) is 83.8. The van der Waals surface area contributed by atoms with Crippen molar-refractivity contribution in [2.75, 3.05) is 0 Å². The second kappa shape index (κ2) is 57.8. The van der Waals surface area contributed by atoms with E-state index in [0.717, 1.165) is 157 Å². The summed E-state index contributed by atoms with van der Waals surface area (Å²) in [4.78, 5) is 43.6. The van der Waals surface area contributed by atoms with Crippen molar-refractivity contribution in [3.63, 3.8) is 0 Å². The lowest BCUT2D eigenvalue weighted by molar-refractivity contribution is 1.18. The molecule has 0 atom stereocenters. The van der Waals surface area contributed by atoms with E-state index in [-0.39, 0.29) is 0 Å². The fourth-order valence-electron chi connectivity index (χ4n) is 15.3. The Labute approximate surface area is 882 Å². The monoisotopic (exact) mass is 1930 g/mol. The first-order valence-electron chi connectivity index (χ1n) is 49.0. The zero-order chi connectivity index (χ0) is 104. The summed E-state index contributed by atoms with van der Waals surface area (Å²) in [7, 11) is 0. The third-order valence-electron chi connectivity index (χ3n) is 23.5. The first kappa shape index (κ1) is 106. The summed E-state index contributed by atoms with van der Waals surface area (Å²) in [5.74, 6) is 0.731. The minimum Gasteiger partial charge on any atom is -0.265 e. The summed E-state index contributed by atoms with van der Waals surface area (Å²) in [6.07, 6.45) is 34.2. The van der Waals surface area contributed by atoms with Crippen molar-refractivity contribution in [2.24, 2.45) is 0 Å². The van der Waals surface area contributed by atoms with Crippen LogP contribution in [-0.4, -0.2) is 49.8 Å². The molecule has 0 unspecified atom stereocenters. The molecule has 0 N–H and O–H groups in total. The number of benzene rings is 13. The highest BCUT2D eigenvalue weighted by Crippen LogP contribution is 2.36. The van der Waals surface area contributed by atoms with Gasteiger partial charge in [-0.2, -0.15) is 0 Å². The summed E-state index contributed by atoms with van der Waals surface area (Å²) < 4.78 is 0. The molecule has 0 aliphatic carbocycles. The molecule has 150 heavy (non-hydrogen) atoms. The predicted molar refractivity (Wildman–Crippen MR) is 637 cm³/mol. The third-order valence-corrected chi connectivity index (χ3v) is 23.5. The van der Waals surface area contributed by atoms with Gasteiger partial charge in [0.2, 0.25) is 0 Å². The minimum atomic E-state index is 0.731. The molecule has 0 amide bonds. The van der Waals surface area contributed by atoms with Crippen molar-refractivity contribution in [2.45, 2.75) is 0 Å². The number of pyridine rings is 8. The zero-order valence-electron chi connectivity index (χ0n) is 83.8. The van der Waals surface area contributed by atoms with E-state index in [2.05, 4.69) is 362 Å². The van der Waals surface area contributed by atoms with Crippen LogP contribution in [0.3, 0.4) is 0 Å². The van der Waals surface area contributed by atoms with Crippen LogP contribution in [0.2, 0.25) is 0 Å². The Morgan fingerprint density at radius 3 is 0.667 bits per heavy atom. The molecule has 724 valence electrons. The highest BCUT2D eigenvalue weighted by molar-refractivity contribution is 5.82. The fourth-order valence-corrected chi connectivity index (χ4v) is 15.3. The predicted octanol–water partition coefficient (Wildman–Crippen LogP) is 36.6. The maximum atomic E-state index is 4.97. The summed E-state index contributed by atoms with van der Waals surface area (Å²) in [5, 5.41) is 0. The molecule has 0 aliphatic heterocycles. The van der Waals surface area contributed by atoms with Crippen molar-refractivity contribution >= 4 is 54.7 Å². The Morgan fingerprint density at radius 1 is 0.133 bits per heavy atom. The fraction of sp³-hybridized carbons (Fsp3) is 0. The second-order valence-corrected chi connectivity index (χ2v) is 33.6. The lowest BCUT2D eigenvalue weighted by Gasteiger charge is -2.11. The Hall–Kier alpha value is -20.2. The van der Waals surface area contributed by atoms with E-state index in [0.29, 0.717) is 0 Å². The Bertz CT molecular complexity index is 7270. The van der Waals surface area contributed by atoms with Crippen molar-refractivity contribution in [1.29, 1.82) is 0 Å². The van der Waals surface area contributed by atoms with Crippen LogP contribution in [-0.2, 0) is 0 Å². The molecule has 0 saturated carbocycles. The normalized spacial score (nSPS) is 9.97. The van der Waals surface area contributed by atoms with Crippen LogP contribution < -0.4 is 0 Å². The summed E-state index contributed by atoms with van der Waals surface area (Å²) >= 11 is 0. The molecule has 0 saturated heterocycles. The molecule has 0 aliphatic rings. The molecule has 0 fully saturated rings. The van der Waals surface area contributed by atoms with E-state index in [9.17, 15) is 0 Å². The lowest BCUT2D eigenvalue weighted by Crippen LogP contribution is -1.95. The van der Waals surface area contributed by atoms with E-state index >= 15 is 0 Å². The van der Waals surface area contributed by atoms with Crippen molar-refractivity contribution in [3.8, 4) is 146 Å². The van der Waals surface area contributed by atoms with Crippen molar-refractivity contribution in [3.05, 3.63) is 638 Å². The Kier molecular flexibility index (Phi) is 40.7. The van der Waals surface area contributed by atoms with E-state index in [1.165, 1.54) is 38.9 Å². The van der Waals surface area contributed by atoms with Gasteiger partial charge in [-0.05, 0) is 197 Å². The standard InChI is InChI=1S/C31H23N.C25H19N.C24H18N2.3C13H11N.3C7H7N/c1-2-23-13-15-24(16-14-23)25-17-19-26(20-18-25)29-21-30(27-9-5-3-6-10-27)32-31(22-29)28-11-7-4-8-12-28;1-2-19-13-15-20(16-14-19)23-17-24(21-9-5-3-6-10-21)26-25(18-23)22-11-7-4-8-12-22;1-2-18-13-15-20(16-14-18)23-17-22(19-9-5-3-6-10-19)25-24(26-23)21-11-7-4-8-12-21;1-2-11-3-5-12(6-4-11)13-7-9-14-10-8-13;1-2-11-5-7-12(8-6-11)13-4-3-9-14-10-13;1-2-11-6-8-12(9-7-11)13-5-3-4-10-14-13;1-2-7-3-5-8-6-4-7;1-2-7-4-3-5-8-6-7;1-2-7-5-3-4-6-8-7/h2-22H,1H2;2-18H,1H2;2-17H,1H2;3*2-10H,1H2;3*2-6H,1H2. The molecule has 0 spiro atoms. The van der Waals surface area contributed by atoms with Gasteiger partial charge in [-0.1, -0.05) is 484 Å². The average molecular weight is 1940 g/mol. The number of hydrogen-bond acceptors (Lipinski definition) is 10. The molecule has 10 heteroatoms. The number of hydrogen-bond donors (Lipinski definition) is 0. The van der Waals surface area contributed by atoms with Crippen LogP contribution in [0.25, 0.3) is 201 Å². The van der Waals surface area contributed by atoms with Crippen LogP contribution in [0.15, 0.2) is 588 Å². The molecule has 0 radical (unpaired) electrons.